The van der Waals surface area contributed by atoms with Crippen molar-refractivity contribution in [2.75, 3.05) is 18.5 Å². The number of hydrogen-bond donors (Lipinski definition) is 1. The van der Waals surface area contributed by atoms with Crippen molar-refractivity contribution >= 4 is 21.6 Å². The minimum atomic E-state index is -0.765. The second kappa shape index (κ2) is 6.65. The average Bonchev–Trinajstić information content (AvgIpc) is 2.39. The van der Waals surface area contributed by atoms with E-state index in [0.29, 0.717) is 6.54 Å². The zero-order valence-corrected chi connectivity index (χ0v) is 11.9. The third-order valence-corrected chi connectivity index (χ3v) is 3.07. The van der Waals surface area contributed by atoms with E-state index in [-0.39, 0.29) is 22.6 Å². The smallest absolute Gasteiger partial charge is 0.169 e. The van der Waals surface area contributed by atoms with Gasteiger partial charge in [-0.05, 0) is 46.3 Å². The van der Waals surface area contributed by atoms with Crippen LogP contribution in [0.3, 0.4) is 0 Å². The van der Waals surface area contributed by atoms with Crippen molar-refractivity contribution < 1.29 is 17.9 Å². The number of anilines is 1. The topological polar surface area (TPSA) is 21.3 Å². The van der Waals surface area contributed by atoms with Crippen LogP contribution in [0.15, 0.2) is 40.9 Å². The summed E-state index contributed by atoms with van der Waals surface area (Å²) >= 11 is 3.04. The van der Waals surface area contributed by atoms with E-state index in [2.05, 4.69) is 21.2 Å². The molecule has 106 valence electrons. The number of rotatable bonds is 5. The lowest BCUT2D eigenvalue weighted by molar-refractivity contribution is 0.311. The van der Waals surface area contributed by atoms with Crippen LogP contribution >= 0.6 is 15.9 Å². The minimum Gasteiger partial charge on any atom is -0.487 e. The number of hydrogen-bond acceptors (Lipinski definition) is 2. The molecular formula is C14H11BrF3NO. The van der Waals surface area contributed by atoms with E-state index in [4.69, 9.17) is 4.74 Å². The highest BCUT2D eigenvalue weighted by atomic mass is 79.9. The number of benzene rings is 2. The van der Waals surface area contributed by atoms with E-state index in [1.807, 2.05) is 0 Å². The van der Waals surface area contributed by atoms with Crippen molar-refractivity contribution in [2.45, 2.75) is 0 Å². The summed E-state index contributed by atoms with van der Waals surface area (Å²) in [4.78, 5) is 0. The zero-order valence-electron chi connectivity index (χ0n) is 10.3. The molecule has 0 atom stereocenters. The molecule has 0 heterocycles. The third kappa shape index (κ3) is 3.90. The molecule has 1 N–H and O–H groups in total. The van der Waals surface area contributed by atoms with Crippen LogP contribution in [0.2, 0.25) is 0 Å². The molecule has 0 saturated heterocycles. The molecule has 2 aromatic rings. The zero-order chi connectivity index (χ0) is 14.5. The molecule has 0 amide bonds. The van der Waals surface area contributed by atoms with Gasteiger partial charge in [0.2, 0.25) is 0 Å². The first-order chi connectivity index (χ1) is 9.56. The fourth-order valence-electron chi connectivity index (χ4n) is 1.58. The van der Waals surface area contributed by atoms with Gasteiger partial charge < -0.3 is 10.1 Å². The first-order valence-electron chi connectivity index (χ1n) is 5.83. The summed E-state index contributed by atoms with van der Waals surface area (Å²) in [5, 5.41) is 2.99. The van der Waals surface area contributed by atoms with Gasteiger partial charge in [-0.1, -0.05) is 0 Å². The van der Waals surface area contributed by atoms with Crippen molar-refractivity contribution in [3.63, 3.8) is 0 Å². The minimum absolute atomic E-state index is 0.0349. The Labute approximate surface area is 122 Å². The van der Waals surface area contributed by atoms with E-state index in [1.54, 1.807) is 12.1 Å². The van der Waals surface area contributed by atoms with E-state index in [1.165, 1.54) is 12.1 Å². The van der Waals surface area contributed by atoms with Gasteiger partial charge in [0, 0.05) is 18.3 Å². The molecule has 0 fully saturated rings. The van der Waals surface area contributed by atoms with Crippen LogP contribution in [0.25, 0.3) is 0 Å². The predicted octanol–water partition coefficient (Wildman–Crippen LogP) is 4.36. The summed E-state index contributed by atoms with van der Waals surface area (Å²) in [5.41, 5.74) is 0.730. The van der Waals surface area contributed by atoms with Crippen LogP contribution < -0.4 is 10.1 Å². The monoisotopic (exact) mass is 345 g/mol. The van der Waals surface area contributed by atoms with Gasteiger partial charge in [0.05, 0.1) is 4.47 Å². The highest BCUT2D eigenvalue weighted by molar-refractivity contribution is 9.10. The summed E-state index contributed by atoms with van der Waals surface area (Å²) in [6.45, 7) is 0.577. The Bertz CT molecular complexity index is 566. The lowest BCUT2D eigenvalue weighted by atomic mass is 10.3. The molecule has 0 unspecified atom stereocenters. The van der Waals surface area contributed by atoms with Gasteiger partial charge in [0.1, 0.15) is 18.2 Å². The van der Waals surface area contributed by atoms with Crippen molar-refractivity contribution in [1.82, 2.24) is 0 Å². The van der Waals surface area contributed by atoms with Gasteiger partial charge in [-0.3, -0.25) is 0 Å². The maximum absolute atomic E-state index is 13.4. The predicted molar refractivity (Wildman–Crippen MR) is 74.4 cm³/mol. The molecule has 2 rings (SSSR count). The second-order valence-corrected chi connectivity index (χ2v) is 4.84. The molecule has 0 aliphatic carbocycles. The molecular weight excluding hydrogens is 335 g/mol. The van der Waals surface area contributed by atoms with Gasteiger partial charge in [-0.15, -0.1) is 0 Å². The largest absolute Gasteiger partial charge is 0.487 e. The number of nitrogens with one attached hydrogen (secondary N) is 1. The molecule has 0 saturated carbocycles. The van der Waals surface area contributed by atoms with Crippen molar-refractivity contribution in [3.05, 3.63) is 58.3 Å². The Hall–Kier alpha value is -1.69. The van der Waals surface area contributed by atoms with Crippen LogP contribution in [0.1, 0.15) is 0 Å². The lowest BCUT2D eigenvalue weighted by Gasteiger charge is -2.10. The van der Waals surface area contributed by atoms with Crippen molar-refractivity contribution in [1.29, 1.82) is 0 Å². The molecule has 6 heteroatoms. The first-order valence-corrected chi connectivity index (χ1v) is 6.62. The molecule has 0 bridgehead atoms. The molecule has 20 heavy (non-hydrogen) atoms. The molecule has 2 aromatic carbocycles. The fourth-order valence-corrected chi connectivity index (χ4v) is 2.11. The van der Waals surface area contributed by atoms with Crippen LogP contribution in [0, 0.1) is 17.5 Å². The van der Waals surface area contributed by atoms with E-state index >= 15 is 0 Å². The van der Waals surface area contributed by atoms with Crippen LogP contribution in [0.4, 0.5) is 18.9 Å². The maximum Gasteiger partial charge on any atom is 0.169 e. The van der Waals surface area contributed by atoms with Crippen LogP contribution in [-0.4, -0.2) is 13.2 Å². The molecule has 2 nitrogen and oxygen atoms in total. The fraction of sp³-hybridized carbons (Fsp3) is 0.143. The quantitative estimate of drug-likeness (QED) is 0.813. The van der Waals surface area contributed by atoms with Crippen LogP contribution in [0.5, 0.6) is 5.75 Å². The maximum atomic E-state index is 13.4. The first kappa shape index (κ1) is 14.7. The second-order valence-electron chi connectivity index (χ2n) is 3.98. The van der Waals surface area contributed by atoms with Crippen LogP contribution in [-0.2, 0) is 0 Å². The highest BCUT2D eigenvalue weighted by Crippen LogP contribution is 2.29. The van der Waals surface area contributed by atoms with Crippen molar-refractivity contribution in [3.8, 4) is 5.75 Å². The van der Waals surface area contributed by atoms with Gasteiger partial charge in [-0.25, -0.2) is 13.2 Å². The van der Waals surface area contributed by atoms with E-state index in [0.717, 1.165) is 17.8 Å². The third-order valence-electron chi connectivity index (χ3n) is 2.48. The average molecular weight is 346 g/mol. The summed E-state index contributed by atoms with van der Waals surface area (Å²) in [5.74, 6) is -1.79. The van der Waals surface area contributed by atoms with E-state index in [9.17, 15) is 13.2 Å². The standard InChI is InChI=1S/C14H11BrF3NO/c15-12-7-10(17)8-13(18)14(12)20-6-5-19-11-3-1-9(16)2-4-11/h1-4,7-8,19H,5-6H2. The number of ether oxygens (including phenoxy) is 1. The van der Waals surface area contributed by atoms with Gasteiger partial charge in [-0.2, -0.15) is 0 Å². The summed E-state index contributed by atoms with van der Waals surface area (Å²) in [7, 11) is 0. The van der Waals surface area contributed by atoms with Gasteiger partial charge in [0.15, 0.2) is 11.6 Å². The Kier molecular flexibility index (Phi) is 4.89. The number of halogens is 4. The Morgan fingerprint density at radius 1 is 1.00 bits per heavy atom. The molecule has 0 aromatic heterocycles. The lowest BCUT2D eigenvalue weighted by Crippen LogP contribution is -2.12. The molecule has 0 aliphatic heterocycles. The highest BCUT2D eigenvalue weighted by Gasteiger charge is 2.10. The van der Waals surface area contributed by atoms with Crippen molar-refractivity contribution in [2.24, 2.45) is 0 Å². The van der Waals surface area contributed by atoms with Gasteiger partial charge >= 0.3 is 0 Å². The summed E-state index contributed by atoms with van der Waals surface area (Å²) in [6, 6.07) is 7.73. The Morgan fingerprint density at radius 3 is 2.35 bits per heavy atom. The summed E-state index contributed by atoms with van der Waals surface area (Å²) < 4.78 is 44.5. The summed E-state index contributed by atoms with van der Waals surface area (Å²) in [6.07, 6.45) is 0. The molecule has 0 aliphatic rings. The molecule has 0 radical (unpaired) electrons. The van der Waals surface area contributed by atoms with Gasteiger partial charge in [0.25, 0.3) is 0 Å². The normalized spacial score (nSPS) is 10.4. The molecule has 0 spiro atoms. The van der Waals surface area contributed by atoms with E-state index < -0.39 is 11.6 Å². The SMILES string of the molecule is Fc1ccc(NCCOc2c(F)cc(F)cc2Br)cc1. The Morgan fingerprint density at radius 2 is 1.70 bits per heavy atom. The Balaban J connectivity index is 1.86.